The monoisotopic (exact) mass is 1100 g/mol. The Kier molecular flexibility index (Phi) is 18.4. The molecule has 4 heterocycles. The fourth-order valence-corrected chi connectivity index (χ4v) is 16.5. The number of benzene rings is 4. The van der Waals surface area contributed by atoms with Gasteiger partial charge < -0.3 is 40.1 Å². The number of methoxy groups -OCH3 is 1. The second-order valence-electron chi connectivity index (χ2n) is 24.6. The Balaban J connectivity index is 0.000000141. The van der Waals surface area contributed by atoms with Crippen LogP contribution in [0.5, 0.6) is 5.75 Å². The zero-order chi connectivity index (χ0) is 54.6. The molecule has 3 N–H and O–H groups in total. The molecular formula is C63H86ClN7O4S2. The number of carbonyl (C=O) groups is 2. The van der Waals surface area contributed by atoms with E-state index in [0.29, 0.717) is 23.7 Å². The van der Waals surface area contributed by atoms with Gasteiger partial charge in [0.15, 0.2) is 0 Å². The normalized spacial score (nSPS) is 26.6. The lowest BCUT2D eigenvalue weighted by Crippen LogP contribution is -2.59. The van der Waals surface area contributed by atoms with Crippen molar-refractivity contribution in [1.82, 2.24) is 25.3 Å². The molecule has 3 saturated carbocycles. The number of piperazine rings is 1. The molecule has 4 aromatic carbocycles. The summed E-state index contributed by atoms with van der Waals surface area (Å²) in [5.41, 5.74) is 5.08. The van der Waals surface area contributed by atoms with Crippen molar-refractivity contribution in [3.8, 4) is 5.75 Å². The Bertz CT molecular complexity index is 2730. The van der Waals surface area contributed by atoms with Crippen LogP contribution in [0.25, 0.3) is 0 Å². The first-order valence-corrected chi connectivity index (χ1v) is 30.5. The minimum absolute atomic E-state index is 0.0661. The van der Waals surface area contributed by atoms with Gasteiger partial charge in [-0.15, -0.1) is 0 Å². The van der Waals surface area contributed by atoms with Crippen LogP contribution in [0, 0.1) is 40.4 Å². The molecule has 4 aliphatic heterocycles. The maximum Gasteiger partial charge on any atom is 0.243 e. The van der Waals surface area contributed by atoms with E-state index in [1.165, 1.54) is 61.6 Å². The third kappa shape index (κ3) is 13.0. The van der Waals surface area contributed by atoms with Crippen molar-refractivity contribution >= 4 is 69.7 Å². The largest absolute Gasteiger partial charge is 0.497 e. The second kappa shape index (κ2) is 24.7. The van der Waals surface area contributed by atoms with Gasteiger partial charge in [0.2, 0.25) is 11.8 Å². The topological polar surface area (TPSA) is 104 Å². The second-order valence-corrected chi connectivity index (χ2v) is 27.2. The van der Waals surface area contributed by atoms with Crippen LogP contribution in [-0.2, 0) is 9.59 Å². The number of rotatable bonds is 12. The number of aliphatic hydroxyl groups excluding tert-OH is 1. The quantitative estimate of drug-likeness (QED) is 0.126. The van der Waals surface area contributed by atoms with Crippen molar-refractivity contribution in [2.45, 2.75) is 118 Å². The molecule has 4 fully saturated rings. The number of fused-ring (bicyclic) bond motifs is 9. The van der Waals surface area contributed by atoms with E-state index in [0.717, 1.165) is 95.4 Å². The predicted molar refractivity (Wildman–Crippen MR) is 319 cm³/mol. The summed E-state index contributed by atoms with van der Waals surface area (Å²) in [5, 5.41) is 16.3. The molecule has 2 amide bonds. The maximum atomic E-state index is 13.0. The molecule has 11 nitrogen and oxygen atoms in total. The molecule has 0 aromatic heterocycles. The zero-order valence-electron chi connectivity index (χ0n) is 47.3. The van der Waals surface area contributed by atoms with E-state index >= 15 is 0 Å². The Labute approximate surface area is 474 Å². The molecule has 77 heavy (non-hydrogen) atoms. The molecule has 8 atom stereocenters. The van der Waals surface area contributed by atoms with Crippen molar-refractivity contribution in [1.29, 1.82) is 0 Å². The van der Waals surface area contributed by atoms with Crippen LogP contribution in [0.2, 0.25) is 5.02 Å². The van der Waals surface area contributed by atoms with Crippen LogP contribution in [0.15, 0.2) is 117 Å². The molecule has 0 unspecified atom stereocenters. The van der Waals surface area contributed by atoms with Crippen LogP contribution in [-0.4, -0.2) is 130 Å². The average Bonchev–Trinajstić information content (AvgIpc) is 3.79. The van der Waals surface area contributed by atoms with Gasteiger partial charge in [0.05, 0.1) is 36.5 Å². The van der Waals surface area contributed by atoms with Gasteiger partial charge in [0.25, 0.3) is 0 Å². The number of nitrogens with zero attached hydrogens (tertiary/aromatic N) is 5. The number of para-hydroxylation sites is 2. The van der Waals surface area contributed by atoms with E-state index < -0.39 is 0 Å². The van der Waals surface area contributed by atoms with Crippen molar-refractivity contribution < 1.29 is 19.4 Å². The smallest absolute Gasteiger partial charge is 0.243 e. The Morgan fingerprint density at radius 2 is 1.43 bits per heavy atom. The summed E-state index contributed by atoms with van der Waals surface area (Å²) in [4.78, 5) is 42.1. The third-order valence-corrected chi connectivity index (χ3v) is 20.3. The summed E-state index contributed by atoms with van der Waals surface area (Å²) < 4.78 is 5.44. The summed E-state index contributed by atoms with van der Waals surface area (Å²) in [6, 6.07) is 30.1. The van der Waals surface area contributed by atoms with Crippen molar-refractivity contribution in [3.63, 3.8) is 0 Å². The van der Waals surface area contributed by atoms with Gasteiger partial charge in [0.1, 0.15) is 5.75 Å². The SMILES string of the molecule is CC(C)(C)NC(=O)[C@H]1CC[C@H]2[C@@H]3CC[C@H]4NC(=O)C=C[C@]4(C)[C@H]3CC[C@]12C.COc1ccc2c(c1)N(C[C@H](C)CN(C)C)c1ccccc1S2.OCCN1CCN(CCCN2c3ccccc3Sc3ccc(Cl)cc32)CC1. The third-order valence-electron chi connectivity index (χ3n) is 17.8. The highest BCUT2D eigenvalue weighted by atomic mass is 35.5. The van der Waals surface area contributed by atoms with E-state index in [-0.39, 0.29) is 46.7 Å². The van der Waals surface area contributed by atoms with Gasteiger partial charge in [-0.25, -0.2) is 0 Å². The molecule has 3 aliphatic carbocycles. The average molecular weight is 1110 g/mol. The van der Waals surface area contributed by atoms with Crippen LogP contribution in [0.3, 0.4) is 0 Å². The summed E-state index contributed by atoms with van der Waals surface area (Å²) >= 11 is 9.96. The number of β-amino-alcohol motifs (C(OH)–C–C–N with tert-alkyl or cyclic N) is 1. The Hall–Kier alpha value is -4.21. The lowest BCUT2D eigenvalue weighted by atomic mass is 9.48. The summed E-state index contributed by atoms with van der Waals surface area (Å²) in [6.07, 6.45) is 11.8. The van der Waals surface area contributed by atoms with E-state index in [2.05, 4.69) is 170 Å². The maximum absolute atomic E-state index is 13.0. The fourth-order valence-electron chi connectivity index (χ4n) is 14.2. The number of hydrogen-bond acceptors (Lipinski definition) is 11. The number of anilines is 4. The van der Waals surface area contributed by atoms with Crippen LogP contribution >= 0.6 is 35.1 Å². The van der Waals surface area contributed by atoms with E-state index in [1.807, 2.05) is 35.7 Å². The van der Waals surface area contributed by atoms with Crippen LogP contribution in [0.1, 0.15) is 86.5 Å². The number of halogens is 1. The molecule has 0 bridgehead atoms. The highest BCUT2D eigenvalue weighted by Crippen LogP contribution is 2.65. The molecule has 4 aromatic rings. The summed E-state index contributed by atoms with van der Waals surface area (Å²) in [6.45, 7) is 22.8. The van der Waals surface area contributed by atoms with Crippen molar-refractivity contribution in [2.75, 3.05) is 96.5 Å². The molecular weight excluding hydrogens is 1020 g/mol. The Morgan fingerprint density at radius 3 is 2.08 bits per heavy atom. The van der Waals surface area contributed by atoms with Crippen molar-refractivity contribution in [2.24, 2.45) is 40.4 Å². The van der Waals surface area contributed by atoms with Crippen molar-refractivity contribution in [3.05, 3.63) is 102 Å². The van der Waals surface area contributed by atoms with E-state index in [4.69, 9.17) is 21.4 Å². The first kappa shape index (κ1) is 57.5. The first-order valence-electron chi connectivity index (χ1n) is 28.5. The van der Waals surface area contributed by atoms with Gasteiger partial charge in [0, 0.05) is 106 Å². The van der Waals surface area contributed by atoms with E-state index in [9.17, 15) is 9.59 Å². The van der Waals surface area contributed by atoms with Gasteiger partial charge >= 0.3 is 0 Å². The molecule has 0 spiro atoms. The number of carbonyl (C=O) groups excluding carboxylic acids is 2. The fraction of sp³-hybridized carbons (Fsp3) is 0.556. The highest BCUT2D eigenvalue weighted by Gasteiger charge is 2.61. The van der Waals surface area contributed by atoms with Gasteiger partial charge in [-0.3, -0.25) is 14.5 Å². The number of nitrogens with one attached hydrogen (secondary N) is 2. The number of hydrogen-bond donors (Lipinski definition) is 3. The van der Waals surface area contributed by atoms with Gasteiger partial charge in [-0.1, -0.05) is 86.2 Å². The lowest BCUT2D eigenvalue weighted by molar-refractivity contribution is -0.135. The molecule has 0 radical (unpaired) electrons. The molecule has 7 aliphatic rings. The number of amides is 2. The highest BCUT2D eigenvalue weighted by molar-refractivity contribution is 8.00. The zero-order valence-corrected chi connectivity index (χ0v) is 49.7. The molecule has 416 valence electrons. The van der Waals surface area contributed by atoms with Gasteiger partial charge in [-0.2, -0.15) is 0 Å². The van der Waals surface area contributed by atoms with Gasteiger partial charge in [-0.05, 0) is 176 Å². The minimum Gasteiger partial charge on any atom is -0.497 e. The molecule has 14 heteroatoms. The molecule has 1 saturated heterocycles. The first-order chi connectivity index (χ1) is 36.9. The number of ether oxygens (including phenoxy) is 1. The standard InChI is InChI=1S/C23H36N2O2.C21H26ClN3OS.C19H24N2OS/c1-21(2,3)25-20(27)17-8-7-15-14-6-9-18-23(5,13-11-19(26)24-18)16(14)10-12-22(15,17)4;22-17-6-7-21-19(16-17)25(18-4-1-2-5-20(18)27-21)9-3-8-23-10-12-24(13-11-23)14-15-26;1-14(12-20(2)3)13-21-16-7-5-6-8-18(16)23-19-10-9-15(22-4)11-17(19)21/h11,13-18H,6-10,12H2,1-5H3,(H,24,26)(H,25,27);1-2,4-7,16,26H,3,8-15H2;5-11,14H,12-13H2,1-4H3/t14-,15-,16-,17+,18+,22-,23+;;14-/m0.1/s1. The summed E-state index contributed by atoms with van der Waals surface area (Å²) in [7, 11) is 5.99. The lowest BCUT2D eigenvalue weighted by Gasteiger charge is -2.58. The van der Waals surface area contributed by atoms with E-state index in [1.54, 1.807) is 13.2 Å². The predicted octanol–water partition coefficient (Wildman–Crippen LogP) is 12.3. The Morgan fingerprint density at radius 1 is 0.805 bits per heavy atom. The summed E-state index contributed by atoms with van der Waals surface area (Å²) in [5.74, 6) is 3.89. The molecule has 11 rings (SSSR count). The van der Waals surface area contributed by atoms with Crippen LogP contribution in [0.4, 0.5) is 22.7 Å². The number of aliphatic hydroxyl groups is 1. The minimum atomic E-state index is -0.167. The van der Waals surface area contributed by atoms with Crippen LogP contribution < -0.4 is 25.2 Å².